The molecule has 2 nitrogen and oxygen atoms in total. The third-order valence-electron chi connectivity index (χ3n) is 5.35. The number of rotatable bonds is 5. The van der Waals surface area contributed by atoms with Gasteiger partial charge < -0.3 is 5.11 Å². The van der Waals surface area contributed by atoms with E-state index in [1.807, 2.05) is 0 Å². The number of aliphatic hydroxyl groups excluding tert-OH is 1. The Bertz CT molecular complexity index is 790. The lowest BCUT2D eigenvalue weighted by Crippen LogP contribution is -2.47. The molecule has 0 spiro atoms. The van der Waals surface area contributed by atoms with Crippen molar-refractivity contribution in [3.05, 3.63) is 107 Å². The molecule has 0 aliphatic heterocycles. The van der Waals surface area contributed by atoms with Gasteiger partial charge in [0.1, 0.15) is 0 Å². The summed E-state index contributed by atoms with van der Waals surface area (Å²) < 4.78 is 0. The Morgan fingerprint density at radius 1 is 0.654 bits per heavy atom. The van der Waals surface area contributed by atoms with Crippen molar-refractivity contribution in [1.82, 2.24) is 4.90 Å². The summed E-state index contributed by atoms with van der Waals surface area (Å²) in [6.07, 6.45) is 1.30. The average molecular weight is 343 g/mol. The van der Waals surface area contributed by atoms with Crippen LogP contribution in [0.2, 0.25) is 0 Å². The Morgan fingerprint density at radius 3 is 1.65 bits per heavy atom. The highest BCUT2D eigenvalue weighted by molar-refractivity contribution is 5.32. The summed E-state index contributed by atoms with van der Waals surface area (Å²) in [7, 11) is 0. The molecule has 0 heterocycles. The fourth-order valence-electron chi connectivity index (χ4n) is 3.98. The Kier molecular flexibility index (Phi) is 5.14. The lowest BCUT2D eigenvalue weighted by atomic mass is 9.85. The van der Waals surface area contributed by atoms with E-state index in [2.05, 4.69) is 89.8 Å². The van der Waals surface area contributed by atoms with Crippen molar-refractivity contribution in [2.45, 2.75) is 38.1 Å². The minimum atomic E-state index is -0.336. The van der Waals surface area contributed by atoms with E-state index in [9.17, 15) is 5.11 Å². The van der Waals surface area contributed by atoms with Crippen LogP contribution in [-0.4, -0.2) is 22.2 Å². The highest BCUT2D eigenvalue weighted by Crippen LogP contribution is 2.27. The predicted molar refractivity (Wildman–Crippen MR) is 106 cm³/mol. The summed E-state index contributed by atoms with van der Waals surface area (Å²) in [5.74, 6) is 0. The lowest BCUT2D eigenvalue weighted by Gasteiger charge is -2.38. The van der Waals surface area contributed by atoms with E-state index in [4.69, 9.17) is 0 Å². The standard InChI is InChI=1S/C24H25NO/c26-24-16-22-14-8-7-13-21(22)15-23(24)25(17-19-9-3-1-4-10-19)18-20-11-5-2-6-12-20/h1-14,23-24,26H,15-18H2/t23-,24-/m0/s1. The van der Waals surface area contributed by atoms with Crippen LogP contribution in [-0.2, 0) is 25.9 Å². The first kappa shape index (κ1) is 17.0. The summed E-state index contributed by atoms with van der Waals surface area (Å²) in [5, 5.41) is 10.9. The van der Waals surface area contributed by atoms with E-state index < -0.39 is 0 Å². The number of hydrogen-bond donors (Lipinski definition) is 1. The summed E-state index contributed by atoms with van der Waals surface area (Å²) in [4.78, 5) is 2.44. The highest BCUT2D eigenvalue weighted by Gasteiger charge is 2.31. The first-order chi connectivity index (χ1) is 12.8. The van der Waals surface area contributed by atoms with Crippen molar-refractivity contribution in [1.29, 1.82) is 0 Å². The molecule has 1 N–H and O–H groups in total. The monoisotopic (exact) mass is 343 g/mol. The van der Waals surface area contributed by atoms with Crippen molar-refractivity contribution in [2.75, 3.05) is 0 Å². The van der Waals surface area contributed by atoms with Crippen LogP contribution in [0.15, 0.2) is 84.9 Å². The van der Waals surface area contributed by atoms with Crippen LogP contribution in [0.3, 0.4) is 0 Å². The van der Waals surface area contributed by atoms with Crippen molar-refractivity contribution >= 4 is 0 Å². The van der Waals surface area contributed by atoms with Gasteiger partial charge in [0, 0.05) is 25.6 Å². The predicted octanol–water partition coefficient (Wildman–Crippen LogP) is 4.22. The second-order valence-electron chi connectivity index (χ2n) is 7.19. The topological polar surface area (TPSA) is 23.5 Å². The van der Waals surface area contributed by atoms with Crippen LogP contribution in [0.5, 0.6) is 0 Å². The molecule has 4 rings (SSSR count). The van der Waals surface area contributed by atoms with Gasteiger partial charge in [-0.1, -0.05) is 84.9 Å². The van der Waals surface area contributed by atoms with Crippen LogP contribution < -0.4 is 0 Å². The van der Waals surface area contributed by atoms with Gasteiger partial charge in [0.05, 0.1) is 6.10 Å². The second-order valence-corrected chi connectivity index (χ2v) is 7.19. The van der Waals surface area contributed by atoms with Crippen molar-refractivity contribution in [2.24, 2.45) is 0 Å². The fraction of sp³-hybridized carbons (Fsp3) is 0.250. The van der Waals surface area contributed by atoms with E-state index in [0.29, 0.717) is 0 Å². The maximum absolute atomic E-state index is 10.9. The van der Waals surface area contributed by atoms with Crippen molar-refractivity contribution in [3.8, 4) is 0 Å². The first-order valence-corrected chi connectivity index (χ1v) is 9.36. The van der Waals surface area contributed by atoms with Gasteiger partial charge in [-0.15, -0.1) is 0 Å². The minimum absolute atomic E-state index is 0.130. The summed E-state index contributed by atoms with van der Waals surface area (Å²) >= 11 is 0. The number of fused-ring (bicyclic) bond motifs is 1. The molecular formula is C24H25NO. The number of nitrogens with zero attached hydrogens (tertiary/aromatic N) is 1. The van der Waals surface area contributed by atoms with Gasteiger partial charge in [0.15, 0.2) is 0 Å². The van der Waals surface area contributed by atoms with Gasteiger partial charge in [-0.25, -0.2) is 0 Å². The van der Waals surface area contributed by atoms with E-state index >= 15 is 0 Å². The van der Waals surface area contributed by atoms with Gasteiger partial charge in [0.25, 0.3) is 0 Å². The number of benzene rings is 3. The molecule has 0 unspecified atom stereocenters. The molecule has 0 aromatic heterocycles. The molecule has 1 aliphatic carbocycles. The fourth-order valence-corrected chi connectivity index (χ4v) is 3.98. The van der Waals surface area contributed by atoms with Gasteiger partial charge in [-0.2, -0.15) is 0 Å². The van der Waals surface area contributed by atoms with Crippen LogP contribution in [0.4, 0.5) is 0 Å². The molecule has 26 heavy (non-hydrogen) atoms. The summed E-state index contributed by atoms with van der Waals surface area (Å²) in [6, 6.07) is 29.8. The number of hydrogen-bond acceptors (Lipinski definition) is 2. The van der Waals surface area contributed by atoms with Crippen molar-refractivity contribution < 1.29 is 5.11 Å². The molecule has 0 saturated carbocycles. The molecule has 0 fully saturated rings. The quantitative estimate of drug-likeness (QED) is 0.750. The maximum atomic E-state index is 10.9. The van der Waals surface area contributed by atoms with Gasteiger partial charge in [-0.3, -0.25) is 4.90 Å². The van der Waals surface area contributed by atoms with Crippen LogP contribution in [0.1, 0.15) is 22.3 Å². The van der Waals surface area contributed by atoms with E-state index in [0.717, 1.165) is 25.9 Å². The summed E-state index contributed by atoms with van der Waals surface area (Å²) in [5.41, 5.74) is 5.23. The SMILES string of the molecule is O[C@H]1Cc2ccccc2C[C@@H]1N(Cc1ccccc1)Cc1ccccc1. The zero-order valence-corrected chi connectivity index (χ0v) is 15.0. The zero-order chi connectivity index (χ0) is 17.8. The molecule has 1 aliphatic rings. The Labute approximate surface area is 155 Å². The average Bonchev–Trinajstić information content (AvgIpc) is 2.68. The van der Waals surface area contributed by atoms with E-state index in [1.54, 1.807) is 0 Å². The smallest absolute Gasteiger partial charge is 0.0739 e. The maximum Gasteiger partial charge on any atom is 0.0739 e. The second kappa shape index (κ2) is 7.86. The molecule has 0 amide bonds. The molecule has 3 aromatic carbocycles. The van der Waals surface area contributed by atoms with Crippen molar-refractivity contribution in [3.63, 3.8) is 0 Å². The van der Waals surface area contributed by atoms with Gasteiger partial charge >= 0.3 is 0 Å². The first-order valence-electron chi connectivity index (χ1n) is 9.36. The summed E-state index contributed by atoms with van der Waals surface area (Å²) in [6.45, 7) is 1.69. The zero-order valence-electron chi connectivity index (χ0n) is 15.0. The largest absolute Gasteiger partial charge is 0.391 e. The molecule has 2 atom stereocenters. The molecule has 0 radical (unpaired) electrons. The lowest BCUT2D eigenvalue weighted by molar-refractivity contribution is 0.0334. The molecule has 2 heteroatoms. The van der Waals surface area contributed by atoms with Crippen LogP contribution in [0, 0.1) is 0 Å². The van der Waals surface area contributed by atoms with E-state index in [1.165, 1.54) is 22.3 Å². The molecule has 132 valence electrons. The Balaban J connectivity index is 1.61. The van der Waals surface area contributed by atoms with E-state index in [-0.39, 0.29) is 12.1 Å². The molecular weight excluding hydrogens is 318 g/mol. The highest BCUT2D eigenvalue weighted by atomic mass is 16.3. The van der Waals surface area contributed by atoms with Crippen LogP contribution in [0.25, 0.3) is 0 Å². The normalized spacial score (nSPS) is 19.3. The number of aliphatic hydroxyl groups is 1. The minimum Gasteiger partial charge on any atom is -0.391 e. The Hall–Kier alpha value is -2.42. The molecule has 3 aromatic rings. The molecule has 0 bridgehead atoms. The Morgan fingerprint density at radius 2 is 1.12 bits per heavy atom. The van der Waals surface area contributed by atoms with Crippen LogP contribution >= 0.6 is 0 Å². The van der Waals surface area contributed by atoms with Gasteiger partial charge in [0.2, 0.25) is 0 Å². The third kappa shape index (κ3) is 3.87. The van der Waals surface area contributed by atoms with Gasteiger partial charge in [-0.05, 0) is 28.7 Å². The third-order valence-corrected chi connectivity index (χ3v) is 5.35. The molecule has 0 saturated heterocycles.